The first-order valence-corrected chi connectivity index (χ1v) is 7.48. The molecule has 0 aromatic heterocycles. The lowest BCUT2D eigenvalue weighted by Crippen LogP contribution is -2.16. The topological polar surface area (TPSA) is 46.5 Å². The molecule has 0 unspecified atom stereocenters. The Labute approximate surface area is 135 Å². The molecule has 23 heavy (non-hydrogen) atoms. The molecule has 116 valence electrons. The molecule has 0 bridgehead atoms. The molecule has 0 atom stereocenters. The Morgan fingerprint density at radius 2 is 1.65 bits per heavy atom. The van der Waals surface area contributed by atoms with Crippen LogP contribution in [-0.4, -0.2) is 11.1 Å². The quantitative estimate of drug-likeness (QED) is 0.580. The molecule has 0 amide bonds. The summed E-state index contributed by atoms with van der Waals surface area (Å²) in [6.45, 7) is 3.39. The van der Waals surface area contributed by atoms with Crippen LogP contribution in [0.2, 0.25) is 0 Å². The summed E-state index contributed by atoms with van der Waals surface area (Å²) in [5, 5.41) is 11.9. The summed E-state index contributed by atoms with van der Waals surface area (Å²) < 4.78 is 5.49. The molecule has 3 rings (SSSR count). The first-order valence-electron chi connectivity index (χ1n) is 7.48. The number of carbonyl (C=O) groups is 1. The van der Waals surface area contributed by atoms with E-state index in [0.29, 0.717) is 16.9 Å². The Bertz CT molecular complexity index is 855. The molecule has 3 heteroatoms. The molecule has 0 aliphatic rings. The predicted molar refractivity (Wildman–Crippen MR) is 90.6 cm³/mol. The maximum Gasteiger partial charge on any atom is 0.344 e. The van der Waals surface area contributed by atoms with Crippen LogP contribution < -0.4 is 4.74 Å². The highest BCUT2D eigenvalue weighted by Crippen LogP contribution is 2.25. The van der Waals surface area contributed by atoms with Crippen molar-refractivity contribution in [2.24, 2.45) is 0 Å². The van der Waals surface area contributed by atoms with Crippen LogP contribution in [0.25, 0.3) is 10.8 Å². The summed E-state index contributed by atoms with van der Waals surface area (Å²) in [6, 6.07) is 20.2. The minimum absolute atomic E-state index is 0.408. The van der Waals surface area contributed by atoms with Crippen LogP contribution in [0.4, 0.5) is 0 Å². The van der Waals surface area contributed by atoms with Gasteiger partial charge in [0, 0.05) is 0 Å². The molecular formula is C20H18O3. The monoisotopic (exact) mass is 306 g/mol. The summed E-state index contributed by atoms with van der Waals surface area (Å²) in [4.78, 5) is 12.5. The predicted octanol–water partition coefficient (Wildman–Crippen LogP) is 4.29. The number of hydrogen-bond acceptors (Lipinski definition) is 3. The second-order valence-electron chi connectivity index (χ2n) is 6.00. The number of carbonyl (C=O) groups excluding carboxylic acids is 1. The lowest BCUT2D eigenvalue weighted by Gasteiger charge is -2.18. The van der Waals surface area contributed by atoms with Crippen LogP contribution in [0.1, 0.15) is 29.8 Å². The van der Waals surface area contributed by atoms with Gasteiger partial charge in [-0.05, 0) is 48.4 Å². The third kappa shape index (κ3) is 3.25. The van der Waals surface area contributed by atoms with Crippen molar-refractivity contribution in [2.45, 2.75) is 19.4 Å². The van der Waals surface area contributed by atoms with Crippen LogP contribution >= 0.6 is 0 Å². The van der Waals surface area contributed by atoms with Gasteiger partial charge in [0.15, 0.2) is 0 Å². The van der Waals surface area contributed by atoms with Crippen molar-refractivity contribution >= 4 is 16.7 Å². The van der Waals surface area contributed by atoms with Crippen LogP contribution in [-0.2, 0) is 5.60 Å². The van der Waals surface area contributed by atoms with Crippen LogP contribution in [0, 0.1) is 0 Å². The number of fused-ring (bicyclic) bond motifs is 1. The minimum atomic E-state index is -0.984. The molecular weight excluding hydrogens is 288 g/mol. The first-order chi connectivity index (χ1) is 10.9. The second kappa shape index (κ2) is 5.86. The van der Waals surface area contributed by atoms with Gasteiger partial charge in [-0.1, -0.05) is 48.5 Å². The Hall–Kier alpha value is -2.65. The van der Waals surface area contributed by atoms with Crippen molar-refractivity contribution in [1.82, 2.24) is 0 Å². The van der Waals surface area contributed by atoms with Gasteiger partial charge < -0.3 is 9.84 Å². The number of esters is 1. The third-order valence-corrected chi connectivity index (χ3v) is 3.76. The van der Waals surface area contributed by atoms with Gasteiger partial charge in [0.2, 0.25) is 0 Å². The molecule has 0 heterocycles. The minimum Gasteiger partial charge on any atom is -0.423 e. The fourth-order valence-electron chi connectivity index (χ4n) is 2.51. The van der Waals surface area contributed by atoms with Gasteiger partial charge in [0.05, 0.1) is 11.2 Å². The fourth-order valence-corrected chi connectivity index (χ4v) is 2.51. The molecule has 0 spiro atoms. The number of benzene rings is 3. The molecule has 0 aliphatic carbocycles. The Morgan fingerprint density at radius 3 is 2.43 bits per heavy atom. The largest absolute Gasteiger partial charge is 0.423 e. The summed E-state index contributed by atoms with van der Waals surface area (Å²) >= 11 is 0. The number of ether oxygens (including phenoxy) is 1. The lowest BCUT2D eigenvalue weighted by atomic mass is 9.98. The van der Waals surface area contributed by atoms with Crippen LogP contribution in [0.15, 0.2) is 66.7 Å². The lowest BCUT2D eigenvalue weighted by molar-refractivity contribution is 0.0717. The SMILES string of the molecule is CC(C)(O)c1cccc(OC(=O)c2cccc3ccccc23)c1. The molecule has 0 radical (unpaired) electrons. The van der Waals surface area contributed by atoms with Gasteiger partial charge in [0.25, 0.3) is 0 Å². The normalized spacial score (nSPS) is 11.4. The van der Waals surface area contributed by atoms with Crippen molar-refractivity contribution in [3.05, 3.63) is 77.9 Å². The van der Waals surface area contributed by atoms with E-state index >= 15 is 0 Å². The van der Waals surface area contributed by atoms with E-state index in [1.807, 2.05) is 36.4 Å². The van der Waals surface area contributed by atoms with Crippen molar-refractivity contribution in [2.75, 3.05) is 0 Å². The smallest absolute Gasteiger partial charge is 0.344 e. The average molecular weight is 306 g/mol. The van der Waals surface area contributed by atoms with E-state index in [1.54, 1.807) is 44.2 Å². The van der Waals surface area contributed by atoms with E-state index in [2.05, 4.69) is 0 Å². The van der Waals surface area contributed by atoms with Crippen LogP contribution in [0.3, 0.4) is 0 Å². The van der Waals surface area contributed by atoms with E-state index < -0.39 is 11.6 Å². The van der Waals surface area contributed by atoms with E-state index in [0.717, 1.165) is 10.8 Å². The molecule has 0 saturated carbocycles. The van der Waals surface area contributed by atoms with Crippen molar-refractivity contribution in [1.29, 1.82) is 0 Å². The number of aliphatic hydroxyl groups is 1. The van der Waals surface area contributed by atoms with Crippen molar-refractivity contribution < 1.29 is 14.6 Å². The zero-order valence-corrected chi connectivity index (χ0v) is 13.1. The van der Waals surface area contributed by atoms with Crippen molar-refractivity contribution in [3.8, 4) is 5.75 Å². The zero-order chi connectivity index (χ0) is 16.4. The Balaban J connectivity index is 1.93. The average Bonchev–Trinajstić information content (AvgIpc) is 2.53. The highest BCUT2D eigenvalue weighted by atomic mass is 16.5. The summed E-state index contributed by atoms with van der Waals surface area (Å²) in [6.07, 6.45) is 0. The molecule has 3 aromatic carbocycles. The van der Waals surface area contributed by atoms with E-state index in [1.165, 1.54) is 0 Å². The van der Waals surface area contributed by atoms with Crippen LogP contribution in [0.5, 0.6) is 5.75 Å². The molecule has 0 fully saturated rings. The van der Waals surface area contributed by atoms with Crippen molar-refractivity contribution in [3.63, 3.8) is 0 Å². The molecule has 3 nitrogen and oxygen atoms in total. The maximum absolute atomic E-state index is 12.5. The van der Waals surface area contributed by atoms with Gasteiger partial charge in [0.1, 0.15) is 5.75 Å². The highest BCUT2D eigenvalue weighted by Gasteiger charge is 2.18. The van der Waals surface area contributed by atoms with E-state index in [4.69, 9.17) is 4.74 Å². The van der Waals surface area contributed by atoms with Gasteiger partial charge in [-0.3, -0.25) is 0 Å². The highest BCUT2D eigenvalue weighted by molar-refractivity contribution is 6.05. The number of hydrogen-bond donors (Lipinski definition) is 1. The van der Waals surface area contributed by atoms with Gasteiger partial charge in [-0.25, -0.2) is 4.79 Å². The maximum atomic E-state index is 12.5. The third-order valence-electron chi connectivity index (χ3n) is 3.76. The summed E-state index contributed by atoms with van der Waals surface area (Å²) in [7, 11) is 0. The first kappa shape index (κ1) is 15.3. The second-order valence-corrected chi connectivity index (χ2v) is 6.00. The summed E-state index contributed by atoms with van der Waals surface area (Å²) in [5.74, 6) is 0.0113. The van der Waals surface area contributed by atoms with Gasteiger partial charge in [-0.15, -0.1) is 0 Å². The standard InChI is InChI=1S/C20H18O3/c1-20(2,22)15-9-6-10-16(13-15)23-19(21)18-12-5-8-14-7-3-4-11-17(14)18/h3-13,22H,1-2H3. The fraction of sp³-hybridized carbons (Fsp3) is 0.150. The Kier molecular flexibility index (Phi) is 3.89. The molecule has 0 aliphatic heterocycles. The van der Waals surface area contributed by atoms with Gasteiger partial charge >= 0.3 is 5.97 Å². The zero-order valence-electron chi connectivity index (χ0n) is 13.1. The molecule has 0 saturated heterocycles. The van der Waals surface area contributed by atoms with E-state index in [9.17, 15) is 9.90 Å². The number of rotatable bonds is 3. The summed E-state index contributed by atoms with van der Waals surface area (Å²) in [5.41, 5.74) is 0.236. The van der Waals surface area contributed by atoms with E-state index in [-0.39, 0.29) is 0 Å². The molecule has 3 aromatic rings. The Morgan fingerprint density at radius 1 is 0.957 bits per heavy atom. The molecule has 1 N–H and O–H groups in total. The van der Waals surface area contributed by atoms with Gasteiger partial charge in [-0.2, -0.15) is 0 Å².